The van der Waals surface area contributed by atoms with Crippen molar-refractivity contribution in [1.29, 1.82) is 0 Å². The molecule has 1 heterocycles. The van der Waals surface area contributed by atoms with E-state index in [1.807, 2.05) is 6.07 Å². The lowest BCUT2D eigenvalue weighted by Gasteiger charge is -2.32. The molecule has 1 N–H and O–H groups in total. The van der Waals surface area contributed by atoms with Gasteiger partial charge in [0, 0.05) is 19.1 Å². The average Bonchev–Trinajstić information content (AvgIpc) is 2.54. The summed E-state index contributed by atoms with van der Waals surface area (Å²) in [5.41, 5.74) is 1.39. The zero-order valence-electron chi connectivity index (χ0n) is 12.9. The van der Waals surface area contributed by atoms with Crippen LogP contribution in [0.3, 0.4) is 0 Å². The van der Waals surface area contributed by atoms with Gasteiger partial charge in [-0.15, -0.1) is 0 Å². The summed E-state index contributed by atoms with van der Waals surface area (Å²) < 4.78 is 5.28. The van der Waals surface area contributed by atoms with Crippen LogP contribution in [0.15, 0.2) is 36.4 Å². The number of rotatable bonds is 4. The Hall–Kier alpha value is -1.58. The van der Waals surface area contributed by atoms with Crippen LogP contribution in [0, 0.1) is 0 Å². The van der Waals surface area contributed by atoms with E-state index in [1.54, 1.807) is 7.11 Å². The SMILES string of the molecule is CNC1CCCN(Cc2ccc3cc(OC)ccc3c2)C1. The van der Waals surface area contributed by atoms with Crippen LogP contribution in [0.2, 0.25) is 0 Å². The van der Waals surface area contributed by atoms with Crippen LogP contribution in [-0.4, -0.2) is 38.2 Å². The van der Waals surface area contributed by atoms with Crippen molar-refractivity contribution in [3.8, 4) is 5.75 Å². The highest BCUT2D eigenvalue weighted by Crippen LogP contribution is 2.23. The highest BCUT2D eigenvalue weighted by molar-refractivity contribution is 5.84. The zero-order valence-corrected chi connectivity index (χ0v) is 12.9. The summed E-state index contributed by atoms with van der Waals surface area (Å²) in [6, 6.07) is 13.7. The van der Waals surface area contributed by atoms with Gasteiger partial charge in [0.1, 0.15) is 5.75 Å². The third-order valence-electron chi connectivity index (χ3n) is 4.43. The van der Waals surface area contributed by atoms with Gasteiger partial charge in [-0.05, 0) is 61.0 Å². The van der Waals surface area contributed by atoms with Gasteiger partial charge in [-0.2, -0.15) is 0 Å². The van der Waals surface area contributed by atoms with Crippen molar-refractivity contribution in [2.24, 2.45) is 0 Å². The molecule has 3 rings (SSSR count). The molecule has 1 aliphatic rings. The summed E-state index contributed by atoms with van der Waals surface area (Å²) in [6.07, 6.45) is 2.58. The number of hydrogen-bond donors (Lipinski definition) is 1. The largest absolute Gasteiger partial charge is 0.497 e. The first-order valence-electron chi connectivity index (χ1n) is 7.75. The van der Waals surface area contributed by atoms with E-state index in [-0.39, 0.29) is 0 Å². The molecule has 0 aromatic heterocycles. The lowest BCUT2D eigenvalue weighted by molar-refractivity contribution is 0.188. The molecule has 0 saturated carbocycles. The fraction of sp³-hybridized carbons (Fsp3) is 0.444. The molecule has 3 nitrogen and oxygen atoms in total. The topological polar surface area (TPSA) is 24.5 Å². The number of fused-ring (bicyclic) bond motifs is 1. The summed E-state index contributed by atoms with van der Waals surface area (Å²) in [5.74, 6) is 0.920. The highest BCUT2D eigenvalue weighted by atomic mass is 16.5. The van der Waals surface area contributed by atoms with Crippen LogP contribution in [0.4, 0.5) is 0 Å². The zero-order chi connectivity index (χ0) is 14.7. The Morgan fingerprint density at radius 3 is 2.81 bits per heavy atom. The molecular formula is C18H24N2O. The lowest BCUT2D eigenvalue weighted by atomic mass is 10.0. The van der Waals surface area contributed by atoms with E-state index in [9.17, 15) is 0 Å². The molecular weight excluding hydrogens is 260 g/mol. The second-order valence-electron chi connectivity index (χ2n) is 5.91. The van der Waals surface area contributed by atoms with E-state index in [4.69, 9.17) is 4.74 Å². The van der Waals surface area contributed by atoms with Crippen LogP contribution in [0.5, 0.6) is 5.75 Å². The normalized spacial score (nSPS) is 19.8. The molecule has 0 aliphatic carbocycles. The third kappa shape index (κ3) is 3.36. The van der Waals surface area contributed by atoms with Crippen molar-refractivity contribution in [2.45, 2.75) is 25.4 Å². The Morgan fingerprint density at radius 1 is 1.19 bits per heavy atom. The number of nitrogens with one attached hydrogen (secondary N) is 1. The van der Waals surface area contributed by atoms with E-state index < -0.39 is 0 Å². The molecule has 21 heavy (non-hydrogen) atoms. The Kier molecular flexibility index (Phi) is 4.42. The van der Waals surface area contributed by atoms with E-state index >= 15 is 0 Å². The van der Waals surface area contributed by atoms with Crippen LogP contribution in [-0.2, 0) is 6.54 Å². The molecule has 0 spiro atoms. The number of piperidine rings is 1. The second-order valence-corrected chi connectivity index (χ2v) is 5.91. The molecule has 1 fully saturated rings. The maximum Gasteiger partial charge on any atom is 0.119 e. The molecule has 1 aliphatic heterocycles. The van der Waals surface area contributed by atoms with Crippen molar-refractivity contribution in [2.75, 3.05) is 27.2 Å². The first-order valence-corrected chi connectivity index (χ1v) is 7.75. The molecule has 1 saturated heterocycles. The third-order valence-corrected chi connectivity index (χ3v) is 4.43. The Bertz CT molecular complexity index is 611. The molecule has 1 atom stereocenters. The van der Waals surface area contributed by atoms with Gasteiger partial charge >= 0.3 is 0 Å². The van der Waals surface area contributed by atoms with E-state index in [1.165, 1.54) is 35.7 Å². The summed E-state index contributed by atoms with van der Waals surface area (Å²) in [6.45, 7) is 3.40. The minimum absolute atomic E-state index is 0.642. The number of nitrogens with zero attached hydrogens (tertiary/aromatic N) is 1. The first kappa shape index (κ1) is 14.4. The van der Waals surface area contributed by atoms with Gasteiger partial charge < -0.3 is 10.1 Å². The average molecular weight is 284 g/mol. The first-order chi connectivity index (χ1) is 10.3. The fourth-order valence-corrected chi connectivity index (χ4v) is 3.19. The molecule has 0 amide bonds. The molecule has 0 bridgehead atoms. The molecule has 3 heteroatoms. The number of methoxy groups -OCH3 is 1. The number of hydrogen-bond acceptors (Lipinski definition) is 3. The summed E-state index contributed by atoms with van der Waals surface area (Å²) >= 11 is 0. The molecule has 1 unspecified atom stereocenters. The minimum Gasteiger partial charge on any atom is -0.497 e. The van der Waals surface area contributed by atoms with Crippen molar-refractivity contribution in [3.05, 3.63) is 42.0 Å². The van der Waals surface area contributed by atoms with Crippen LogP contribution >= 0.6 is 0 Å². The van der Waals surface area contributed by atoms with Gasteiger partial charge in [-0.3, -0.25) is 4.90 Å². The Morgan fingerprint density at radius 2 is 2.00 bits per heavy atom. The predicted molar refractivity (Wildman–Crippen MR) is 87.9 cm³/mol. The Labute approximate surface area is 126 Å². The molecule has 112 valence electrons. The molecule has 2 aromatic rings. The highest BCUT2D eigenvalue weighted by Gasteiger charge is 2.18. The maximum atomic E-state index is 5.28. The smallest absolute Gasteiger partial charge is 0.119 e. The molecule has 2 aromatic carbocycles. The Balaban J connectivity index is 1.75. The van der Waals surface area contributed by atoms with Gasteiger partial charge in [0.2, 0.25) is 0 Å². The summed E-state index contributed by atoms with van der Waals surface area (Å²) in [5, 5.41) is 5.93. The van der Waals surface area contributed by atoms with Crippen molar-refractivity contribution >= 4 is 10.8 Å². The second kappa shape index (κ2) is 6.46. The maximum absolute atomic E-state index is 5.28. The molecule has 0 radical (unpaired) electrons. The summed E-state index contributed by atoms with van der Waals surface area (Å²) in [7, 11) is 3.78. The van der Waals surface area contributed by atoms with E-state index in [0.29, 0.717) is 6.04 Å². The summed E-state index contributed by atoms with van der Waals surface area (Å²) in [4.78, 5) is 2.55. The van der Waals surface area contributed by atoms with Gasteiger partial charge in [-0.1, -0.05) is 18.2 Å². The van der Waals surface area contributed by atoms with Gasteiger partial charge in [-0.25, -0.2) is 0 Å². The van der Waals surface area contributed by atoms with Gasteiger partial charge in [0.25, 0.3) is 0 Å². The monoisotopic (exact) mass is 284 g/mol. The number of ether oxygens (including phenoxy) is 1. The van der Waals surface area contributed by atoms with Crippen LogP contribution in [0.25, 0.3) is 10.8 Å². The standard InChI is InChI=1S/C18H24N2O/c1-19-17-4-3-9-20(13-17)12-14-5-6-16-11-18(21-2)8-7-15(16)10-14/h5-8,10-11,17,19H,3-4,9,12-13H2,1-2H3. The number of likely N-dealkylation sites (tertiary alicyclic amines) is 1. The predicted octanol–water partition coefficient (Wildman–Crippen LogP) is 3.03. The number of likely N-dealkylation sites (N-methyl/N-ethyl adjacent to an activating group) is 1. The fourth-order valence-electron chi connectivity index (χ4n) is 3.19. The quantitative estimate of drug-likeness (QED) is 0.934. The van der Waals surface area contributed by atoms with Crippen molar-refractivity contribution in [3.63, 3.8) is 0 Å². The van der Waals surface area contributed by atoms with Crippen molar-refractivity contribution < 1.29 is 4.74 Å². The number of benzene rings is 2. The van der Waals surface area contributed by atoms with E-state index in [0.717, 1.165) is 18.8 Å². The van der Waals surface area contributed by atoms with Crippen LogP contribution < -0.4 is 10.1 Å². The minimum atomic E-state index is 0.642. The van der Waals surface area contributed by atoms with Crippen LogP contribution in [0.1, 0.15) is 18.4 Å². The van der Waals surface area contributed by atoms with Gasteiger partial charge in [0.05, 0.1) is 7.11 Å². The van der Waals surface area contributed by atoms with Crippen molar-refractivity contribution in [1.82, 2.24) is 10.2 Å². The van der Waals surface area contributed by atoms with Gasteiger partial charge in [0.15, 0.2) is 0 Å². The lowest BCUT2D eigenvalue weighted by Crippen LogP contribution is -2.43. The van der Waals surface area contributed by atoms with E-state index in [2.05, 4.69) is 47.6 Å².